The largest absolute Gasteiger partial charge is 0.281 e. The van der Waals surface area contributed by atoms with E-state index in [0.29, 0.717) is 0 Å². The summed E-state index contributed by atoms with van der Waals surface area (Å²) in [4.78, 5) is 12.6. The highest BCUT2D eigenvalue weighted by Crippen LogP contribution is 2.28. The summed E-state index contributed by atoms with van der Waals surface area (Å²) in [6.07, 6.45) is 0. The van der Waals surface area contributed by atoms with Crippen molar-refractivity contribution < 1.29 is 22.4 Å². The van der Waals surface area contributed by atoms with Crippen molar-refractivity contribution in [2.45, 2.75) is 6.92 Å². The first-order valence-electron chi connectivity index (χ1n) is 5.61. The molecule has 0 aliphatic heterocycles. The quantitative estimate of drug-likeness (QED) is 0.765. The minimum absolute atomic E-state index is 0.0161. The van der Waals surface area contributed by atoms with Crippen LogP contribution >= 0.6 is 0 Å². The highest BCUT2D eigenvalue weighted by Gasteiger charge is 2.17. The van der Waals surface area contributed by atoms with E-state index in [1.165, 1.54) is 19.1 Å². The van der Waals surface area contributed by atoms with Gasteiger partial charge in [-0.3, -0.25) is 9.69 Å². The van der Waals surface area contributed by atoms with E-state index in [2.05, 4.69) is 0 Å². The van der Waals surface area contributed by atoms with Gasteiger partial charge in [-0.25, -0.2) is 17.6 Å². The molecule has 0 aliphatic rings. The summed E-state index contributed by atoms with van der Waals surface area (Å²) in [7, 11) is 0. The molecule has 104 valence electrons. The summed E-state index contributed by atoms with van der Waals surface area (Å²) in [6, 6.07) is 5.64. The minimum Gasteiger partial charge on any atom is -0.281 e. The average molecular weight is 283 g/mol. The molecule has 0 fully saturated rings. The molecule has 0 radical (unpaired) electrons. The van der Waals surface area contributed by atoms with Crippen molar-refractivity contribution >= 4 is 17.3 Å². The maximum Gasteiger partial charge on any atom is 0.228 e. The predicted octanol–water partition coefficient (Wildman–Crippen LogP) is 3.93. The topological polar surface area (TPSA) is 20.3 Å². The van der Waals surface area contributed by atoms with E-state index in [4.69, 9.17) is 0 Å². The number of halogens is 4. The van der Waals surface area contributed by atoms with Crippen LogP contribution in [0.5, 0.6) is 0 Å². The Morgan fingerprint density at radius 1 is 0.800 bits per heavy atom. The van der Waals surface area contributed by atoms with Crippen molar-refractivity contribution in [2.24, 2.45) is 0 Å². The molecule has 0 saturated carbocycles. The number of nitrogens with zero attached hydrogens (tertiary/aromatic N) is 1. The Morgan fingerprint density at radius 3 is 1.50 bits per heavy atom. The van der Waals surface area contributed by atoms with E-state index in [0.717, 1.165) is 29.2 Å². The van der Waals surface area contributed by atoms with Crippen LogP contribution in [0.15, 0.2) is 36.4 Å². The molecule has 0 heterocycles. The Morgan fingerprint density at radius 2 is 1.20 bits per heavy atom. The SMILES string of the molecule is CC(=O)N(c1ccc(F)c(F)c1)c1ccc(F)c(F)c1. The van der Waals surface area contributed by atoms with E-state index in [9.17, 15) is 22.4 Å². The maximum atomic E-state index is 13.2. The lowest BCUT2D eigenvalue weighted by Gasteiger charge is -2.21. The molecule has 0 atom stereocenters. The Hall–Kier alpha value is -2.37. The van der Waals surface area contributed by atoms with Gasteiger partial charge in [-0.15, -0.1) is 0 Å². The van der Waals surface area contributed by atoms with Crippen molar-refractivity contribution in [1.29, 1.82) is 0 Å². The third kappa shape index (κ3) is 2.64. The van der Waals surface area contributed by atoms with Gasteiger partial charge in [0.1, 0.15) is 0 Å². The van der Waals surface area contributed by atoms with Gasteiger partial charge in [0.25, 0.3) is 0 Å². The van der Waals surface area contributed by atoms with Crippen molar-refractivity contribution in [1.82, 2.24) is 0 Å². The molecule has 0 spiro atoms. The number of hydrogen-bond donors (Lipinski definition) is 0. The van der Waals surface area contributed by atoms with Crippen LogP contribution in [-0.4, -0.2) is 5.91 Å². The molecule has 0 N–H and O–H groups in total. The number of carbonyl (C=O) groups is 1. The van der Waals surface area contributed by atoms with Crippen LogP contribution in [0.1, 0.15) is 6.92 Å². The number of amides is 1. The van der Waals surface area contributed by atoms with Crippen LogP contribution in [-0.2, 0) is 4.79 Å². The molecular weight excluding hydrogens is 274 g/mol. The van der Waals surface area contributed by atoms with Crippen LogP contribution in [0.2, 0.25) is 0 Å². The van der Waals surface area contributed by atoms with Crippen molar-refractivity contribution in [3.8, 4) is 0 Å². The number of anilines is 2. The van der Waals surface area contributed by atoms with Gasteiger partial charge in [-0.2, -0.15) is 0 Å². The lowest BCUT2D eigenvalue weighted by atomic mass is 10.2. The molecule has 20 heavy (non-hydrogen) atoms. The zero-order valence-electron chi connectivity index (χ0n) is 10.3. The number of hydrogen-bond acceptors (Lipinski definition) is 1. The van der Waals surface area contributed by atoms with Gasteiger partial charge in [-0.1, -0.05) is 0 Å². The first-order valence-corrected chi connectivity index (χ1v) is 5.61. The van der Waals surface area contributed by atoms with Gasteiger partial charge in [0, 0.05) is 19.1 Å². The molecule has 2 aromatic carbocycles. The van der Waals surface area contributed by atoms with Crippen LogP contribution in [0.4, 0.5) is 28.9 Å². The fourth-order valence-corrected chi connectivity index (χ4v) is 1.76. The molecule has 0 saturated heterocycles. The smallest absolute Gasteiger partial charge is 0.228 e. The second-order valence-corrected chi connectivity index (χ2v) is 4.05. The highest BCUT2D eigenvalue weighted by atomic mass is 19.2. The number of carbonyl (C=O) groups excluding carboxylic acids is 1. The van der Waals surface area contributed by atoms with Crippen LogP contribution in [0.3, 0.4) is 0 Å². The van der Waals surface area contributed by atoms with E-state index in [1.807, 2.05) is 0 Å². The van der Waals surface area contributed by atoms with Gasteiger partial charge in [0.05, 0.1) is 11.4 Å². The zero-order chi connectivity index (χ0) is 14.9. The summed E-state index contributed by atoms with van der Waals surface area (Å²) < 4.78 is 52.2. The third-order valence-electron chi connectivity index (χ3n) is 2.64. The fourth-order valence-electron chi connectivity index (χ4n) is 1.76. The number of benzene rings is 2. The lowest BCUT2D eigenvalue weighted by molar-refractivity contribution is -0.115. The Kier molecular flexibility index (Phi) is 3.74. The van der Waals surface area contributed by atoms with Crippen molar-refractivity contribution in [3.05, 3.63) is 59.7 Å². The fraction of sp³-hybridized carbons (Fsp3) is 0.0714. The first kappa shape index (κ1) is 14.0. The molecule has 1 amide bonds. The normalized spacial score (nSPS) is 10.4. The Bertz CT molecular complexity index is 621. The predicted molar refractivity (Wildman–Crippen MR) is 65.5 cm³/mol. The van der Waals surface area contributed by atoms with Gasteiger partial charge < -0.3 is 0 Å². The second-order valence-electron chi connectivity index (χ2n) is 4.05. The second kappa shape index (κ2) is 5.32. The van der Waals surface area contributed by atoms with Gasteiger partial charge in [-0.05, 0) is 24.3 Å². The van der Waals surface area contributed by atoms with Crippen LogP contribution in [0.25, 0.3) is 0 Å². The van der Waals surface area contributed by atoms with Crippen molar-refractivity contribution in [2.75, 3.05) is 4.90 Å². The van der Waals surface area contributed by atoms with Crippen LogP contribution in [0, 0.1) is 23.3 Å². The molecule has 0 aliphatic carbocycles. The Labute approximate surface area is 112 Å². The van der Waals surface area contributed by atoms with E-state index >= 15 is 0 Å². The third-order valence-corrected chi connectivity index (χ3v) is 2.64. The van der Waals surface area contributed by atoms with Crippen molar-refractivity contribution in [3.63, 3.8) is 0 Å². The monoisotopic (exact) mass is 283 g/mol. The van der Waals surface area contributed by atoms with E-state index in [-0.39, 0.29) is 11.4 Å². The summed E-state index contributed by atoms with van der Waals surface area (Å²) in [5.41, 5.74) is 0.0322. The van der Waals surface area contributed by atoms with Gasteiger partial charge in [0.15, 0.2) is 23.3 Å². The Balaban J connectivity index is 2.53. The number of rotatable bonds is 2. The molecule has 0 unspecified atom stereocenters. The first-order chi connectivity index (χ1) is 9.40. The van der Waals surface area contributed by atoms with E-state index in [1.54, 1.807) is 0 Å². The molecule has 2 nitrogen and oxygen atoms in total. The molecule has 0 aromatic heterocycles. The minimum atomic E-state index is -1.14. The lowest BCUT2D eigenvalue weighted by Crippen LogP contribution is -2.23. The molecule has 2 aromatic rings. The zero-order valence-corrected chi connectivity index (χ0v) is 10.3. The maximum absolute atomic E-state index is 13.2. The molecule has 2 rings (SSSR count). The summed E-state index contributed by atoms with van der Waals surface area (Å²) in [5.74, 6) is -4.97. The van der Waals surface area contributed by atoms with Gasteiger partial charge in [0.2, 0.25) is 5.91 Å². The van der Waals surface area contributed by atoms with E-state index < -0.39 is 29.2 Å². The average Bonchev–Trinajstić information content (AvgIpc) is 2.38. The van der Waals surface area contributed by atoms with Gasteiger partial charge >= 0.3 is 0 Å². The summed E-state index contributed by atoms with van der Waals surface area (Å²) in [6.45, 7) is 1.17. The molecule has 6 heteroatoms. The summed E-state index contributed by atoms with van der Waals surface area (Å²) >= 11 is 0. The molecular formula is C14H9F4NO. The summed E-state index contributed by atoms with van der Waals surface area (Å²) in [5, 5.41) is 0. The molecule has 0 bridgehead atoms. The van der Waals surface area contributed by atoms with Crippen LogP contribution < -0.4 is 4.90 Å². The standard InChI is InChI=1S/C14H9F4NO/c1-8(20)19(9-2-4-11(15)13(17)6-9)10-3-5-12(16)14(18)7-10/h2-7H,1H3. The highest BCUT2D eigenvalue weighted by molar-refractivity contribution is 5.98.